The van der Waals surface area contributed by atoms with E-state index in [-0.39, 0.29) is 4.64 Å². The minimum Gasteiger partial charge on any atom is -0.0622 e. The smallest absolute Gasteiger partial charge is 0.0585 e. The molecule has 0 nitrogen and oxygen atoms in total. The van der Waals surface area contributed by atoms with E-state index in [4.69, 9.17) is 0 Å². The fraction of sp³-hybridized carbons (Fsp3) is 0.0400. The van der Waals surface area contributed by atoms with Gasteiger partial charge >= 0.3 is 0 Å². The summed E-state index contributed by atoms with van der Waals surface area (Å²) >= 11 is 0. The topological polar surface area (TPSA) is 0 Å². The van der Waals surface area contributed by atoms with Gasteiger partial charge in [0.05, 0.1) is 4.64 Å². The largest absolute Gasteiger partial charge is 0.0622 e. The van der Waals surface area contributed by atoms with Crippen LogP contribution in [0.5, 0.6) is 0 Å². The SMILES string of the molecule is [SiH3]C(P(c1ccccc1)c1ccccc1)C(P(c1ccccc1)c1ccccc1)(P(c1ccccc1)c1ccccc1)P(c1ccccc1)c1ccccc1. The molecule has 8 aromatic carbocycles. The zero-order chi connectivity index (χ0) is 37.3. The van der Waals surface area contributed by atoms with Gasteiger partial charge in [-0.05, 0) is 79.4 Å². The molecule has 0 saturated heterocycles. The third-order valence-electron chi connectivity index (χ3n) is 10.1. The Morgan fingerprint density at radius 2 is 0.418 bits per heavy atom. The molecule has 0 heterocycles. The Hall–Kier alpha value is -4.30. The van der Waals surface area contributed by atoms with Gasteiger partial charge in [0.1, 0.15) is 0 Å². The number of hydrogen-bond acceptors (Lipinski definition) is 0. The van der Waals surface area contributed by atoms with Crippen molar-refractivity contribution >= 4 is 84.4 Å². The van der Waals surface area contributed by atoms with Crippen molar-refractivity contribution in [1.29, 1.82) is 0 Å². The molecule has 8 rings (SSSR count). The van der Waals surface area contributed by atoms with Crippen molar-refractivity contribution in [1.82, 2.24) is 0 Å². The summed E-state index contributed by atoms with van der Waals surface area (Å²) in [5.74, 6) is 0. The highest BCUT2D eigenvalue weighted by molar-refractivity contribution is 8.06. The minimum atomic E-state index is -1.02. The van der Waals surface area contributed by atoms with E-state index in [1.807, 2.05) is 0 Å². The van der Waals surface area contributed by atoms with Crippen LogP contribution < -0.4 is 42.4 Å². The van der Waals surface area contributed by atoms with Crippen molar-refractivity contribution in [3.05, 3.63) is 243 Å². The molecule has 0 saturated carbocycles. The number of benzene rings is 8. The maximum absolute atomic E-state index is 2.45. The monoisotopic (exact) mass is 796 g/mol. The Morgan fingerprint density at radius 1 is 0.255 bits per heavy atom. The fourth-order valence-electron chi connectivity index (χ4n) is 7.86. The standard InChI is InChI=1S/C50H44P4Si/c55-49(51(41-25-9-1-10-26-41)42-27-11-2-12-28-42)50(52(43-29-13-3-14-30-43)44-31-15-4-16-32-44,53(45-33-17-5-18-34-45)46-35-19-6-20-36-46)54(47-37-21-7-22-38-47)48-39-23-8-24-40-48/h1-40,49H,55H3. The molecule has 0 radical (unpaired) electrons. The second-order valence-corrected chi connectivity index (χ2v) is 26.4. The van der Waals surface area contributed by atoms with Crippen LogP contribution >= 0.6 is 31.7 Å². The summed E-state index contributed by atoms with van der Waals surface area (Å²) in [5, 5.41) is 11.9. The molecule has 268 valence electrons. The lowest BCUT2D eigenvalue weighted by molar-refractivity contribution is 1.20. The Bertz CT molecular complexity index is 1980. The Kier molecular flexibility index (Phi) is 12.4. The van der Waals surface area contributed by atoms with Crippen LogP contribution in [-0.4, -0.2) is 20.2 Å². The molecule has 0 N–H and O–H groups in total. The molecule has 55 heavy (non-hydrogen) atoms. The van der Waals surface area contributed by atoms with Gasteiger partial charge in [0, 0.05) is 10.2 Å². The van der Waals surface area contributed by atoms with Crippen molar-refractivity contribution < 1.29 is 0 Å². The van der Waals surface area contributed by atoms with Crippen LogP contribution in [0.25, 0.3) is 0 Å². The van der Waals surface area contributed by atoms with Gasteiger partial charge in [-0.3, -0.25) is 0 Å². The van der Waals surface area contributed by atoms with Crippen LogP contribution in [-0.2, 0) is 0 Å². The number of rotatable bonds is 13. The molecule has 0 aliphatic carbocycles. The lowest BCUT2D eigenvalue weighted by Crippen LogP contribution is -2.51. The van der Waals surface area contributed by atoms with Crippen molar-refractivity contribution in [2.24, 2.45) is 0 Å². The molecule has 0 aromatic heterocycles. The van der Waals surface area contributed by atoms with Crippen molar-refractivity contribution in [3.63, 3.8) is 0 Å². The van der Waals surface area contributed by atoms with Crippen LogP contribution in [0.1, 0.15) is 0 Å². The number of hydrogen-bond donors (Lipinski definition) is 0. The third-order valence-corrected chi connectivity index (χ3v) is 29.1. The van der Waals surface area contributed by atoms with Gasteiger partial charge in [-0.15, -0.1) is 0 Å². The van der Waals surface area contributed by atoms with Crippen molar-refractivity contribution in [2.75, 3.05) is 0 Å². The summed E-state index contributed by atoms with van der Waals surface area (Å²) in [6, 6.07) is 92.9. The van der Waals surface area contributed by atoms with E-state index in [1.165, 1.54) is 42.4 Å². The average Bonchev–Trinajstić information content (AvgIpc) is 3.27. The normalized spacial score (nSPS) is 12.4. The average molecular weight is 797 g/mol. The van der Waals surface area contributed by atoms with Gasteiger partial charge in [0.15, 0.2) is 0 Å². The highest BCUT2D eigenvalue weighted by Gasteiger charge is 2.59. The molecule has 8 aromatic rings. The summed E-state index contributed by atoms with van der Waals surface area (Å²) in [6.07, 6.45) is 0. The molecule has 1 atom stereocenters. The molecular formula is C50H44P4Si. The van der Waals surface area contributed by atoms with E-state index >= 15 is 0 Å². The maximum Gasteiger partial charge on any atom is 0.0585 e. The van der Waals surface area contributed by atoms with Gasteiger partial charge in [0.2, 0.25) is 0 Å². The van der Waals surface area contributed by atoms with Crippen LogP contribution in [0, 0.1) is 0 Å². The molecule has 0 amide bonds. The Morgan fingerprint density at radius 3 is 0.600 bits per heavy atom. The van der Waals surface area contributed by atoms with E-state index in [0.29, 0.717) is 5.28 Å². The lowest BCUT2D eigenvalue weighted by Gasteiger charge is -2.57. The zero-order valence-electron chi connectivity index (χ0n) is 31.0. The Balaban J connectivity index is 1.62. The molecule has 1 unspecified atom stereocenters. The van der Waals surface area contributed by atoms with E-state index in [1.54, 1.807) is 0 Å². The third kappa shape index (κ3) is 7.89. The van der Waals surface area contributed by atoms with Gasteiger partial charge in [-0.1, -0.05) is 243 Å². The van der Waals surface area contributed by atoms with E-state index in [2.05, 4.69) is 243 Å². The summed E-state index contributed by atoms with van der Waals surface area (Å²) in [6.45, 7) is 0. The van der Waals surface area contributed by atoms with Crippen molar-refractivity contribution in [3.8, 4) is 0 Å². The zero-order valence-corrected chi connectivity index (χ0v) is 36.5. The predicted molar refractivity (Wildman–Crippen MR) is 253 cm³/mol. The van der Waals surface area contributed by atoms with Crippen LogP contribution in [0.15, 0.2) is 243 Å². The first-order chi connectivity index (χ1) is 27.3. The van der Waals surface area contributed by atoms with Crippen LogP contribution in [0.2, 0.25) is 0 Å². The van der Waals surface area contributed by atoms with Crippen LogP contribution in [0.3, 0.4) is 0 Å². The highest BCUT2D eigenvalue weighted by atomic mass is 31.2. The van der Waals surface area contributed by atoms with Gasteiger partial charge in [0.25, 0.3) is 0 Å². The van der Waals surface area contributed by atoms with Crippen LogP contribution in [0.4, 0.5) is 0 Å². The summed E-state index contributed by atoms with van der Waals surface area (Å²) in [7, 11) is -2.90. The fourth-order valence-corrected chi connectivity index (χ4v) is 30.2. The quantitative estimate of drug-likeness (QED) is 0.0809. The Labute approximate surface area is 335 Å². The van der Waals surface area contributed by atoms with Crippen molar-refractivity contribution in [2.45, 2.75) is 9.92 Å². The maximum atomic E-state index is 2.45. The summed E-state index contributed by atoms with van der Waals surface area (Å²) in [4.78, 5) is 0. The summed E-state index contributed by atoms with van der Waals surface area (Å²) in [5.41, 5.74) is 0. The van der Waals surface area contributed by atoms with Gasteiger partial charge in [-0.25, -0.2) is 0 Å². The molecule has 0 fully saturated rings. The predicted octanol–water partition coefficient (Wildman–Crippen LogP) is 8.86. The molecular weight excluding hydrogens is 753 g/mol. The van der Waals surface area contributed by atoms with E-state index in [9.17, 15) is 0 Å². The second-order valence-electron chi connectivity index (χ2n) is 13.4. The molecule has 0 spiro atoms. The molecule has 0 aliphatic heterocycles. The first-order valence-corrected chi connectivity index (χ1v) is 25.5. The summed E-state index contributed by atoms with van der Waals surface area (Å²) < 4.78 is -0.252. The lowest BCUT2D eigenvalue weighted by atomic mass is 10.4. The molecule has 0 aliphatic rings. The highest BCUT2D eigenvalue weighted by Crippen LogP contribution is 2.81. The minimum absolute atomic E-state index is 0.252. The molecule has 0 bridgehead atoms. The second kappa shape index (κ2) is 18.1. The first-order valence-electron chi connectivity index (χ1n) is 18.9. The molecule has 5 heteroatoms. The van der Waals surface area contributed by atoms with E-state index < -0.39 is 31.7 Å². The first kappa shape index (κ1) is 37.6. The van der Waals surface area contributed by atoms with Gasteiger partial charge < -0.3 is 0 Å². The van der Waals surface area contributed by atoms with E-state index in [0.717, 1.165) is 10.2 Å². The van der Waals surface area contributed by atoms with Gasteiger partial charge in [-0.2, -0.15) is 0 Å².